The Bertz CT molecular complexity index is 785. The first-order valence-electron chi connectivity index (χ1n) is 7.06. The quantitative estimate of drug-likeness (QED) is 0.699. The van der Waals surface area contributed by atoms with Crippen LogP contribution in [0.4, 0.5) is 5.13 Å². The predicted molar refractivity (Wildman–Crippen MR) is 95.0 cm³/mol. The lowest BCUT2D eigenvalue weighted by atomic mass is 10.2. The Balaban J connectivity index is 1.59. The monoisotopic (exact) mass is 341 g/mol. The van der Waals surface area contributed by atoms with Crippen LogP contribution in [0.1, 0.15) is 21.6 Å². The second-order valence-electron chi connectivity index (χ2n) is 4.92. The molecule has 0 saturated carbocycles. The number of nitrogens with zero attached hydrogens (tertiary/aromatic N) is 2. The number of rotatable bonds is 5. The highest BCUT2D eigenvalue weighted by atomic mass is 32.2. The van der Waals surface area contributed by atoms with Crippen LogP contribution in [0, 0.1) is 6.92 Å². The Hall–Kier alpha value is -2.18. The molecule has 0 spiro atoms. The molecule has 0 unspecified atom stereocenters. The Labute approximate surface area is 143 Å². The Morgan fingerprint density at radius 3 is 2.74 bits per heavy atom. The topological polar surface area (TPSA) is 54.9 Å². The van der Waals surface area contributed by atoms with Gasteiger partial charge >= 0.3 is 0 Å². The summed E-state index contributed by atoms with van der Waals surface area (Å²) in [5.74, 6) is 0.723. The molecule has 3 aromatic rings. The molecule has 4 nitrogen and oxygen atoms in total. The molecule has 0 aliphatic rings. The summed E-state index contributed by atoms with van der Waals surface area (Å²) < 4.78 is 0. The molecule has 0 fully saturated rings. The fourth-order valence-electron chi connectivity index (χ4n) is 1.93. The number of hydrogen-bond acceptors (Lipinski definition) is 5. The lowest BCUT2D eigenvalue weighted by Crippen LogP contribution is -2.11. The number of pyridine rings is 1. The molecule has 23 heavy (non-hydrogen) atoms. The summed E-state index contributed by atoms with van der Waals surface area (Å²) in [7, 11) is 0. The van der Waals surface area contributed by atoms with Gasteiger partial charge < -0.3 is 0 Å². The van der Waals surface area contributed by atoms with Crippen molar-refractivity contribution in [3.8, 4) is 0 Å². The number of thioether (sulfide) groups is 1. The van der Waals surface area contributed by atoms with Crippen molar-refractivity contribution in [1.29, 1.82) is 0 Å². The van der Waals surface area contributed by atoms with Crippen LogP contribution in [0.3, 0.4) is 0 Å². The SMILES string of the molecule is Cc1csc(NC(=O)c2ccc(SCc3cccnc3)cc2)n1. The fourth-order valence-corrected chi connectivity index (χ4v) is 3.45. The van der Waals surface area contributed by atoms with Crippen molar-refractivity contribution in [2.45, 2.75) is 17.6 Å². The van der Waals surface area contributed by atoms with Crippen molar-refractivity contribution < 1.29 is 4.79 Å². The summed E-state index contributed by atoms with van der Waals surface area (Å²) in [5, 5.41) is 5.35. The van der Waals surface area contributed by atoms with Gasteiger partial charge in [0.2, 0.25) is 0 Å². The number of carbonyl (C=O) groups excluding carboxylic acids is 1. The average Bonchev–Trinajstić information content (AvgIpc) is 2.99. The minimum Gasteiger partial charge on any atom is -0.298 e. The van der Waals surface area contributed by atoms with E-state index in [4.69, 9.17) is 0 Å². The minimum atomic E-state index is -0.136. The number of amides is 1. The molecule has 6 heteroatoms. The van der Waals surface area contributed by atoms with Crippen LogP contribution in [0.15, 0.2) is 59.1 Å². The van der Waals surface area contributed by atoms with Gasteiger partial charge in [0.15, 0.2) is 5.13 Å². The Morgan fingerprint density at radius 1 is 1.26 bits per heavy atom. The van der Waals surface area contributed by atoms with E-state index in [-0.39, 0.29) is 5.91 Å². The molecule has 3 rings (SSSR count). The van der Waals surface area contributed by atoms with Crippen molar-refractivity contribution in [2.24, 2.45) is 0 Å². The summed E-state index contributed by atoms with van der Waals surface area (Å²) in [6, 6.07) is 11.6. The highest BCUT2D eigenvalue weighted by Gasteiger charge is 2.08. The highest BCUT2D eigenvalue weighted by molar-refractivity contribution is 7.98. The molecular weight excluding hydrogens is 326 g/mol. The summed E-state index contributed by atoms with van der Waals surface area (Å²) in [6.45, 7) is 1.90. The Morgan fingerprint density at radius 2 is 2.09 bits per heavy atom. The lowest BCUT2D eigenvalue weighted by molar-refractivity contribution is 0.102. The number of aryl methyl sites for hydroxylation is 1. The van der Waals surface area contributed by atoms with E-state index in [1.807, 2.05) is 48.8 Å². The molecule has 2 aromatic heterocycles. The van der Waals surface area contributed by atoms with Gasteiger partial charge in [0.25, 0.3) is 5.91 Å². The van der Waals surface area contributed by atoms with Gasteiger partial charge in [-0.05, 0) is 42.8 Å². The van der Waals surface area contributed by atoms with Crippen LogP contribution in [0.5, 0.6) is 0 Å². The average molecular weight is 341 g/mol. The molecular formula is C17H15N3OS2. The van der Waals surface area contributed by atoms with Crippen molar-refractivity contribution in [1.82, 2.24) is 9.97 Å². The predicted octanol–water partition coefficient (Wildman–Crippen LogP) is 4.39. The number of nitrogens with one attached hydrogen (secondary N) is 1. The molecule has 116 valence electrons. The highest BCUT2D eigenvalue weighted by Crippen LogP contribution is 2.23. The normalized spacial score (nSPS) is 10.5. The van der Waals surface area contributed by atoms with E-state index in [0.717, 1.165) is 16.3 Å². The molecule has 1 N–H and O–H groups in total. The van der Waals surface area contributed by atoms with E-state index in [0.29, 0.717) is 10.7 Å². The van der Waals surface area contributed by atoms with Gasteiger partial charge in [0.05, 0.1) is 5.69 Å². The van der Waals surface area contributed by atoms with Crippen LogP contribution < -0.4 is 5.32 Å². The van der Waals surface area contributed by atoms with E-state index in [2.05, 4.69) is 21.4 Å². The van der Waals surface area contributed by atoms with Gasteiger partial charge in [-0.15, -0.1) is 23.1 Å². The third kappa shape index (κ3) is 4.40. The Kier molecular flexibility index (Phi) is 5.05. The number of thiazole rings is 1. The third-order valence-corrected chi connectivity index (χ3v) is 5.04. The molecule has 0 aliphatic heterocycles. The van der Waals surface area contributed by atoms with E-state index in [1.54, 1.807) is 18.0 Å². The minimum absolute atomic E-state index is 0.136. The van der Waals surface area contributed by atoms with Gasteiger partial charge in [-0.3, -0.25) is 15.1 Å². The number of anilines is 1. The zero-order chi connectivity index (χ0) is 16.1. The van der Waals surface area contributed by atoms with Crippen molar-refractivity contribution in [3.05, 3.63) is 71.0 Å². The molecule has 0 saturated heterocycles. The molecule has 1 amide bonds. The van der Waals surface area contributed by atoms with E-state index >= 15 is 0 Å². The van der Waals surface area contributed by atoms with Crippen LogP contribution in [0.25, 0.3) is 0 Å². The van der Waals surface area contributed by atoms with Gasteiger partial charge in [-0.1, -0.05) is 6.07 Å². The van der Waals surface area contributed by atoms with Gasteiger partial charge in [0, 0.05) is 34.0 Å². The number of hydrogen-bond donors (Lipinski definition) is 1. The maximum atomic E-state index is 12.2. The van der Waals surface area contributed by atoms with Crippen molar-refractivity contribution >= 4 is 34.1 Å². The maximum absolute atomic E-state index is 12.2. The smallest absolute Gasteiger partial charge is 0.257 e. The van der Waals surface area contributed by atoms with Crippen molar-refractivity contribution in [2.75, 3.05) is 5.32 Å². The van der Waals surface area contributed by atoms with Crippen LogP contribution in [0.2, 0.25) is 0 Å². The summed E-state index contributed by atoms with van der Waals surface area (Å²) in [4.78, 5) is 21.6. The molecule has 0 radical (unpaired) electrons. The number of aromatic nitrogens is 2. The first kappa shape index (κ1) is 15.7. The maximum Gasteiger partial charge on any atom is 0.257 e. The van der Waals surface area contributed by atoms with Gasteiger partial charge in [-0.2, -0.15) is 0 Å². The summed E-state index contributed by atoms with van der Waals surface area (Å²) in [6.07, 6.45) is 3.64. The van der Waals surface area contributed by atoms with Gasteiger partial charge in [-0.25, -0.2) is 4.98 Å². The summed E-state index contributed by atoms with van der Waals surface area (Å²) >= 11 is 3.15. The standard InChI is InChI=1S/C17H15N3OS2/c1-12-10-23-17(19-12)20-16(21)14-4-6-15(7-5-14)22-11-13-3-2-8-18-9-13/h2-10H,11H2,1H3,(H,19,20,21). The molecule has 0 aliphatic carbocycles. The second-order valence-corrected chi connectivity index (χ2v) is 6.83. The third-order valence-electron chi connectivity index (χ3n) is 3.08. The lowest BCUT2D eigenvalue weighted by Gasteiger charge is -2.04. The van der Waals surface area contributed by atoms with Crippen LogP contribution in [-0.4, -0.2) is 15.9 Å². The fraction of sp³-hybridized carbons (Fsp3) is 0.118. The molecule has 2 heterocycles. The molecule has 0 atom stereocenters. The first-order chi connectivity index (χ1) is 11.2. The first-order valence-corrected chi connectivity index (χ1v) is 8.92. The van der Waals surface area contributed by atoms with Crippen LogP contribution in [-0.2, 0) is 5.75 Å². The number of benzene rings is 1. The molecule has 0 bridgehead atoms. The number of carbonyl (C=O) groups is 1. The summed E-state index contributed by atoms with van der Waals surface area (Å²) in [5.41, 5.74) is 2.72. The van der Waals surface area contributed by atoms with Crippen molar-refractivity contribution in [3.63, 3.8) is 0 Å². The van der Waals surface area contributed by atoms with Crippen LogP contribution >= 0.6 is 23.1 Å². The zero-order valence-corrected chi connectivity index (χ0v) is 14.2. The second kappa shape index (κ2) is 7.39. The van der Waals surface area contributed by atoms with Gasteiger partial charge in [0.1, 0.15) is 0 Å². The molecule has 1 aromatic carbocycles. The van der Waals surface area contributed by atoms with E-state index in [1.165, 1.54) is 16.9 Å². The zero-order valence-electron chi connectivity index (χ0n) is 12.5. The van der Waals surface area contributed by atoms with E-state index in [9.17, 15) is 4.79 Å². The van der Waals surface area contributed by atoms with E-state index < -0.39 is 0 Å². The largest absolute Gasteiger partial charge is 0.298 e.